The van der Waals surface area contributed by atoms with Crippen molar-refractivity contribution in [2.75, 3.05) is 13.1 Å². The second-order valence-electron chi connectivity index (χ2n) is 5.25. The number of aryl methyl sites for hydroxylation is 2. The summed E-state index contributed by atoms with van der Waals surface area (Å²) in [5, 5.41) is 8.72. The lowest BCUT2D eigenvalue weighted by Crippen LogP contribution is -2.36. The number of carbonyl (C=O) groups excluding carboxylic acids is 1. The van der Waals surface area contributed by atoms with Gasteiger partial charge in [-0.05, 0) is 44.2 Å². The summed E-state index contributed by atoms with van der Waals surface area (Å²) in [5.41, 5.74) is 1.69. The Morgan fingerprint density at radius 3 is 2.71 bits per heavy atom. The number of carboxylic acid groups (broad SMARTS) is 1. The van der Waals surface area contributed by atoms with E-state index in [1.807, 2.05) is 0 Å². The lowest BCUT2D eigenvalue weighted by Gasteiger charge is -2.21. The number of hydrogen-bond donors (Lipinski definition) is 2. The van der Waals surface area contributed by atoms with Crippen LogP contribution in [0.2, 0.25) is 0 Å². The van der Waals surface area contributed by atoms with Crippen molar-refractivity contribution in [3.8, 4) is 0 Å². The third-order valence-electron chi connectivity index (χ3n) is 3.83. The van der Waals surface area contributed by atoms with E-state index in [0.29, 0.717) is 6.54 Å². The van der Waals surface area contributed by atoms with Crippen LogP contribution in [-0.4, -0.2) is 40.0 Å². The molecule has 0 fully saturated rings. The molecule has 6 nitrogen and oxygen atoms in total. The third-order valence-corrected chi connectivity index (χ3v) is 3.83. The molecule has 1 heterocycles. The van der Waals surface area contributed by atoms with E-state index in [0.717, 1.165) is 36.9 Å². The summed E-state index contributed by atoms with van der Waals surface area (Å²) in [6.45, 7) is 2.26. The number of fused-ring (bicyclic) bond motifs is 1. The summed E-state index contributed by atoms with van der Waals surface area (Å²) in [5.74, 6) is -1.35. The summed E-state index contributed by atoms with van der Waals surface area (Å²) in [4.78, 5) is 39.3. The molecule has 0 spiro atoms. The maximum Gasteiger partial charge on any atom is 0.305 e. The number of amides is 1. The van der Waals surface area contributed by atoms with E-state index in [4.69, 9.17) is 5.11 Å². The minimum absolute atomic E-state index is 0.112. The lowest BCUT2D eigenvalue weighted by atomic mass is 9.95. The van der Waals surface area contributed by atoms with Crippen LogP contribution in [-0.2, 0) is 17.6 Å². The van der Waals surface area contributed by atoms with Crippen molar-refractivity contribution in [2.24, 2.45) is 0 Å². The Bertz CT molecular complexity index is 606. The quantitative estimate of drug-likeness (QED) is 0.853. The van der Waals surface area contributed by atoms with Gasteiger partial charge in [0.05, 0.1) is 6.42 Å². The smallest absolute Gasteiger partial charge is 0.305 e. The van der Waals surface area contributed by atoms with Crippen molar-refractivity contribution in [3.05, 3.63) is 33.2 Å². The van der Waals surface area contributed by atoms with Gasteiger partial charge >= 0.3 is 5.97 Å². The van der Waals surface area contributed by atoms with Crippen LogP contribution in [0.25, 0.3) is 0 Å². The first-order valence-corrected chi connectivity index (χ1v) is 7.29. The molecule has 2 rings (SSSR count). The van der Waals surface area contributed by atoms with Gasteiger partial charge in [0.1, 0.15) is 5.56 Å². The van der Waals surface area contributed by atoms with Gasteiger partial charge < -0.3 is 15.0 Å². The van der Waals surface area contributed by atoms with Crippen LogP contribution in [0.4, 0.5) is 0 Å². The molecule has 1 aromatic heterocycles. The third kappa shape index (κ3) is 3.51. The monoisotopic (exact) mass is 292 g/mol. The number of nitrogens with one attached hydrogen (secondary N) is 1. The first kappa shape index (κ1) is 15.3. The zero-order chi connectivity index (χ0) is 15.4. The van der Waals surface area contributed by atoms with E-state index >= 15 is 0 Å². The van der Waals surface area contributed by atoms with Gasteiger partial charge in [0.15, 0.2) is 0 Å². The first-order valence-electron chi connectivity index (χ1n) is 7.29. The Balaban J connectivity index is 2.25. The standard InChI is InChI=1S/C15H20N2O4/c1-2-17(8-7-13(18)19)15(21)11-9-10-5-3-4-6-12(10)16-14(11)20/h9H,2-8H2,1H3,(H,16,20)(H,18,19). The fourth-order valence-corrected chi connectivity index (χ4v) is 2.64. The molecule has 0 radical (unpaired) electrons. The molecule has 114 valence electrons. The van der Waals surface area contributed by atoms with Crippen molar-refractivity contribution < 1.29 is 14.7 Å². The number of rotatable bonds is 5. The van der Waals surface area contributed by atoms with Crippen LogP contribution in [0.3, 0.4) is 0 Å². The highest BCUT2D eigenvalue weighted by molar-refractivity contribution is 5.94. The van der Waals surface area contributed by atoms with Gasteiger partial charge in [-0.3, -0.25) is 14.4 Å². The van der Waals surface area contributed by atoms with Crippen molar-refractivity contribution in [2.45, 2.75) is 39.0 Å². The summed E-state index contributed by atoms with van der Waals surface area (Å²) < 4.78 is 0. The van der Waals surface area contributed by atoms with Crippen molar-refractivity contribution in [1.82, 2.24) is 9.88 Å². The number of H-pyrrole nitrogens is 1. The van der Waals surface area contributed by atoms with Gasteiger partial charge in [0.2, 0.25) is 0 Å². The van der Waals surface area contributed by atoms with Crippen LogP contribution >= 0.6 is 0 Å². The fraction of sp³-hybridized carbons (Fsp3) is 0.533. The molecule has 2 N–H and O–H groups in total. The van der Waals surface area contributed by atoms with Crippen molar-refractivity contribution >= 4 is 11.9 Å². The van der Waals surface area contributed by atoms with Crippen LogP contribution < -0.4 is 5.56 Å². The average Bonchev–Trinajstić information content (AvgIpc) is 2.46. The summed E-state index contributed by atoms with van der Waals surface area (Å²) >= 11 is 0. The number of carbonyl (C=O) groups is 2. The molecular weight excluding hydrogens is 272 g/mol. The molecule has 1 aliphatic carbocycles. The Kier molecular flexibility index (Phi) is 4.77. The maximum absolute atomic E-state index is 12.4. The molecule has 0 bridgehead atoms. The van der Waals surface area contributed by atoms with E-state index in [9.17, 15) is 14.4 Å². The normalized spacial score (nSPS) is 13.6. The molecular formula is C15H20N2O4. The van der Waals surface area contributed by atoms with Crippen LogP contribution in [0.1, 0.15) is 47.8 Å². The highest BCUT2D eigenvalue weighted by Gasteiger charge is 2.21. The molecule has 1 aliphatic rings. The lowest BCUT2D eigenvalue weighted by molar-refractivity contribution is -0.137. The van der Waals surface area contributed by atoms with Gasteiger partial charge in [-0.25, -0.2) is 0 Å². The zero-order valence-corrected chi connectivity index (χ0v) is 12.1. The predicted molar refractivity (Wildman–Crippen MR) is 77.5 cm³/mol. The summed E-state index contributed by atoms with van der Waals surface area (Å²) in [6, 6.07) is 1.68. The van der Waals surface area contributed by atoms with Gasteiger partial charge in [-0.2, -0.15) is 0 Å². The molecule has 0 aliphatic heterocycles. The highest BCUT2D eigenvalue weighted by atomic mass is 16.4. The van der Waals surface area contributed by atoms with E-state index in [-0.39, 0.29) is 24.1 Å². The molecule has 0 unspecified atom stereocenters. The number of aromatic amines is 1. The summed E-state index contributed by atoms with van der Waals surface area (Å²) in [7, 11) is 0. The minimum atomic E-state index is -0.958. The first-order chi connectivity index (χ1) is 10.0. The van der Waals surface area contributed by atoms with Gasteiger partial charge in [-0.1, -0.05) is 0 Å². The van der Waals surface area contributed by atoms with E-state index in [1.54, 1.807) is 13.0 Å². The Hall–Kier alpha value is -2.11. The molecule has 0 saturated heterocycles. The number of nitrogens with zero attached hydrogens (tertiary/aromatic N) is 1. The molecule has 1 amide bonds. The van der Waals surface area contributed by atoms with Gasteiger partial charge in [0.25, 0.3) is 11.5 Å². The van der Waals surface area contributed by atoms with Crippen molar-refractivity contribution in [3.63, 3.8) is 0 Å². The molecule has 6 heteroatoms. The summed E-state index contributed by atoms with van der Waals surface area (Å²) in [6.07, 6.45) is 3.70. The molecule has 0 aromatic carbocycles. The second-order valence-corrected chi connectivity index (χ2v) is 5.25. The Labute approximate surface area is 122 Å². The number of aromatic nitrogens is 1. The molecule has 0 saturated carbocycles. The topological polar surface area (TPSA) is 90.5 Å². The average molecular weight is 292 g/mol. The van der Waals surface area contributed by atoms with Crippen LogP contribution in [0.15, 0.2) is 10.9 Å². The second kappa shape index (κ2) is 6.56. The zero-order valence-electron chi connectivity index (χ0n) is 12.1. The molecule has 0 atom stereocenters. The number of aliphatic carboxylic acids is 1. The van der Waals surface area contributed by atoms with Gasteiger partial charge in [-0.15, -0.1) is 0 Å². The maximum atomic E-state index is 12.4. The number of pyridine rings is 1. The Morgan fingerprint density at radius 2 is 2.05 bits per heavy atom. The fourth-order valence-electron chi connectivity index (χ4n) is 2.64. The van der Waals surface area contributed by atoms with Crippen LogP contribution in [0.5, 0.6) is 0 Å². The molecule has 21 heavy (non-hydrogen) atoms. The van der Waals surface area contributed by atoms with Crippen LogP contribution in [0, 0.1) is 0 Å². The minimum Gasteiger partial charge on any atom is -0.481 e. The van der Waals surface area contributed by atoms with E-state index in [1.165, 1.54) is 4.90 Å². The largest absolute Gasteiger partial charge is 0.481 e. The number of carboxylic acids is 1. The SMILES string of the molecule is CCN(CCC(=O)O)C(=O)c1cc2c([nH]c1=O)CCCC2. The Morgan fingerprint density at radius 1 is 1.33 bits per heavy atom. The van der Waals surface area contributed by atoms with E-state index < -0.39 is 11.9 Å². The number of hydrogen-bond acceptors (Lipinski definition) is 3. The highest BCUT2D eigenvalue weighted by Crippen LogP contribution is 2.19. The van der Waals surface area contributed by atoms with Gasteiger partial charge in [0, 0.05) is 18.8 Å². The predicted octanol–water partition coefficient (Wildman–Crippen LogP) is 1.19. The van der Waals surface area contributed by atoms with E-state index in [2.05, 4.69) is 4.98 Å². The molecule has 1 aromatic rings. The van der Waals surface area contributed by atoms with Crippen molar-refractivity contribution in [1.29, 1.82) is 0 Å².